The molecule has 8 nitrogen and oxygen atoms in total. The molecule has 0 saturated heterocycles. The maximum atomic E-state index is 13.1. The third-order valence-corrected chi connectivity index (χ3v) is 9.00. The minimum atomic E-state index is -3.83. The number of sulfonamides is 1. The lowest BCUT2D eigenvalue weighted by molar-refractivity contribution is 0.0697. The molecule has 3 N–H and O–H groups in total. The van der Waals surface area contributed by atoms with Crippen molar-refractivity contribution in [3.8, 4) is 0 Å². The Hall–Kier alpha value is -3.46. The molecule has 0 amide bonds. The van der Waals surface area contributed by atoms with Gasteiger partial charge in [0.15, 0.2) is 0 Å². The molecule has 2 heterocycles. The van der Waals surface area contributed by atoms with E-state index in [2.05, 4.69) is 20.0 Å². The second-order valence-electron chi connectivity index (χ2n) is 9.41. The highest BCUT2D eigenvalue weighted by Crippen LogP contribution is 2.63. The van der Waals surface area contributed by atoms with Crippen molar-refractivity contribution in [2.75, 3.05) is 10.0 Å². The summed E-state index contributed by atoms with van der Waals surface area (Å²) in [6, 6.07) is 14.1. The van der Waals surface area contributed by atoms with E-state index in [0.717, 1.165) is 29.7 Å². The molecule has 2 bridgehead atoms. The standard InChI is InChI=1S/C25H24N4O4S/c30-24(31)15-4-2-14(3-5-15)23-22-17-7-6-16(12-17)21(22)19-13-18(8-9-20(19)28-23)34(32,33)29-25-26-10-1-11-27-25/h1-5,8-11,13,16-17,21-23,28H,6-7,12H2,(H,30,31)(H,26,27,29). The predicted octanol–water partition coefficient (Wildman–Crippen LogP) is 4.27. The van der Waals surface area contributed by atoms with Gasteiger partial charge in [0.1, 0.15) is 0 Å². The van der Waals surface area contributed by atoms with Crippen LogP contribution in [0.25, 0.3) is 0 Å². The van der Waals surface area contributed by atoms with Gasteiger partial charge in [-0.25, -0.2) is 27.9 Å². The van der Waals surface area contributed by atoms with Gasteiger partial charge in [0.05, 0.1) is 16.5 Å². The van der Waals surface area contributed by atoms with Crippen LogP contribution in [0.3, 0.4) is 0 Å². The maximum Gasteiger partial charge on any atom is 0.335 e. The lowest BCUT2D eigenvalue weighted by Crippen LogP contribution is -2.35. The molecular weight excluding hydrogens is 452 g/mol. The Morgan fingerprint density at radius 2 is 1.76 bits per heavy atom. The summed E-state index contributed by atoms with van der Waals surface area (Å²) in [5.41, 5.74) is 3.33. The number of benzene rings is 2. The Bertz CT molecular complexity index is 1360. The van der Waals surface area contributed by atoms with Crippen molar-refractivity contribution in [3.05, 3.63) is 77.6 Å². The SMILES string of the molecule is O=C(O)c1ccc(C2Nc3ccc(S(=O)(=O)Nc4ncccn4)cc3C3C4CCC(C4)C23)cc1. The minimum Gasteiger partial charge on any atom is -0.478 e. The normalized spacial score (nSPS) is 26.9. The van der Waals surface area contributed by atoms with Crippen LogP contribution in [0.1, 0.15) is 52.7 Å². The van der Waals surface area contributed by atoms with Gasteiger partial charge in [0.25, 0.3) is 10.0 Å². The third kappa shape index (κ3) is 3.42. The van der Waals surface area contributed by atoms with Crippen molar-refractivity contribution < 1.29 is 18.3 Å². The van der Waals surface area contributed by atoms with Crippen molar-refractivity contribution in [2.24, 2.45) is 17.8 Å². The highest BCUT2D eigenvalue weighted by Gasteiger charge is 2.53. The number of rotatable bonds is 5. The molecule has 9 heteroatoms. The summed E-state index contributed by atoms with van der Waals surface area (Å²) < 4.78 is 28.6. The van der Waals surface area contributed by atoms with Crippen LogP contribution in [0.4, 0.5) is 11.6 Å². The zero-order valence-corrected chi connectivity index (χ0v) is 19.1. The molecule has 5 unspecified atom stereocenters. The Balaban J connectivity index is 1.37. The van der Waals surface area contributed by atoms with Crippen molar-refractivity contribution in [1.29, 1.82) is 0 Å². The lowest BCUT2D eigenvalue weighted by Gasteiger charge is -2.43. The van der Waals surface area contributed by atoms with Gasteiger partial charge in [0, 0.05) is 18.1 Å². The molecule has 1 aliphatic heterocycles. The van der Waals surface area contributed by atoms with Crippen LogP contribution in [-0.4, -0.2) is 29.5 Å². The fourth-order valence-electron chi connectivity index (χ4n) is 6.33. The summed E-state index contributed by atoms with van der Waals surface area (Å²) in [5.74, 6) is 0.805. The van der Waals surface area contributed by atoms with Crippen molar-refractivity contribution in [2.45, 2.75) is 36.1 Å². The van der Waals surface area contributed by atoms with Crippen LogP contribution in [0.5, 0.6) is 0 Å². The van der Waals surface area contributed by atoms with Crippen molar-refractivity contribution in [3.63, 3.8) is 0 Å². The summed E-state index contributed by atoms with van der Waals surface area (Å²) in [6.45, 7) is 0. The highest BCUT2D eigenvalue weighted by atomic mass is 32.2. The highest BCUT2D eigenvalue weighted by molar-refractivity contribution is 7.92. The first-order valence-electron chi connectivity index (χ1n) is 11.4. The second-order valence-corrected chi connectivity index (χ2v) is 11.1. The molecule has 5 atom stereocenters. The predicted molar refractivity (Wildman–Crippen MR) is 126 cm³/mol. The van der Waals surface area contributed by atoms with Gasteiger partial charge < -0.3 is 10.4 Å². The van der Waals surface area contributed by atoms with Crippen LogP contribution >= 0.6 is 0 Å². The minimum absolute atomic E-state index is 0.0426. The number of aromatic nitrogens is 2. The Labute approximate surface area is 197 Å². The van der Waals surface area contributed by atoms with Crippen molar-refractivity contribution in [1.82, 2.24) is 9.97 Å². The van der Waals surface area contributed by atoms with Gasteiger partial charge in [-0.15, -0.1) is 0 Å². The average molecular weight is 477 g/mol. The smallest absolute Gasteiger partial charge is 0.335 e. The van der Waals surface area contributed by atoms with Gasteiger partial charge in [0.2, 0.25) is 5.95 Å². The molecule has 0 radical (unpaired) electrons. The van der Waals surface area contributed by atoms with Gasteiger partial charge in [-0.1, -0.05) is 12.1 Å². The monoisotopic (exact) mass is 476 g/mol. The number of carboxylic acid groups (broad SMARTS) is 1. The van der Waals surface area contributed by atoms with E-state index in [1.54, 1.807) is 30.3 Å². The zero-order chi connectivity index (χ0) is 23.4. The van der Waals surface area contributed by atoms with E-state index in [4.69, 9.17) is 0 Å². The number of anilines is 2. The third-order valence-electron chi connectivity index (χ3n) is 7.68. The Morgan fingerprint density at radius 1 is 1.03 bits per heavy atom. The fourth-order valence-corrected chi connectivity index (χ4v) is 7.32. The van der Waals surface area contributed by atoms with E-state index in [1.807, 2.05) is 18.2 Å². The summed E-state index contributed by atoms with van der Waals surface area (Å²) in [5, 5.41) is 12.9. The topological polar surface area (TPSA) is 121 Å². The molecule has 3 aliphatic rings. The van der Waals surface area contributed by atoms with E-state index < -0.39 is 16.0 Å². The number of nitrogens with one attached hydrogen (secondary N) is 2. The summed E-state index contributed by atoms with van der Waals surface area (Å²) >= 11 is 0. The van der Waals surface area contributed by atoms with Gasteiger partial charge in [-0.3, -0.25) is 0 Å². The first-order valence-corrected chi connectivity index (χ1v) is 12.9. The van der Waals surface area contributed by atoms with Crippen LogP contribution < -0.4 is 10.0 Å². The quantitative estimate of drug-likeness (QED) is 0.503. The lowest BCUT2D eigenvalue weighted by atomic mass is 9.68. The fraction of sp³-hybridized carbons (Fsp3) is 0.320. The Kier molecular flexibility index (Phi) is 4.84. The number of aromatic carboxylic acids is 1. The van der Waals surface area contributed by atoms with Crippen LogP contribution in [0.2, 0.25) is 0 Å². The molecule has 2 aliphatic carbocycles. The zero-order valence-electron chi connectivity index (χ0n) is 18.3. The number of hydrogen-bond acceptors (Lipinski definition) is 6. The molecule has 174 valence electrons. The maximum absolute atomic E-state index is 13.1. The van der Waals surface area contributed by atoms with Crippen LogP contribution in [0.15, 0.2) is 65.8 Å². The first-order chi connectivity index (χ1) is 16.4. The average Bonchev–Trinajstić information content (AvgIpc) is 3.46. The van der Waals surface area contributed by atoms with E-state index >= 15 is 0 Å². The van der Waals surface area contributed by atoms with Crippen LogP contribution in [0, 0.1) is 17.8 Å². The molecule has 6 rings (SSSR count). The van der Waals surface area contributed by atoms with E-state index in [-0.39, 0.29) is 28.4 Å². The molecule has 3 aromatic rings. The molecule has 2 aromatic carbocycles. The number of fused-ring (bicyclic) bond motifs is 7. The van der Waals surface area contributed by atoms with Gasteiger partial charge in [-0.05, 0) is 90.5 Å². The van der Waals surface area contributed by atoms with Gasteiger partial charge >= 0.3 is 5.97 Å². The van der Waals surface area contributed by atoms with Gasteiger partial charge in [-0.2, -0.15) is 0 Å². The summed E-state index contributed by atoms with van der Waals surface area (Å²) in [4.78, 5) is 19.4. The number of nitrogens with zero attached hydrogens (tertiary/aromatic N) is 2. The molecular formula is C25H24N4O4S. The van der Waals surface area contributed by atoms with Crippen molar-refractivity contribution >= 4 is 27.6 Å². The molecule has 1 aromatic heterocycles. The van der Waals surface area contributed by atoms with E-state index in [0.29, 0.717) is 17.8 Å². The second kappa shape index (κ2) is 7.80. The Morgan fingerprint density at radius 3 is 2.50 bits per heavy atom. The summed E-state index contributed by atoms with van der Waals surface area (Å²) in [7, 11) is -3.83. The molecule has 2 saturated carbocycles. The number of carboxylic acids is 1. The molecule has 0 spiro atoms. The van der Waals surface area contributed by atoms with E-state index in [1.165, 1.54) is 18.8 Å². The summed E-state index contributed by atoms with van der Waals surface area (Å²) in [6.07, 6.45) is 6.46. The van der Waals surface area contributed by atoms with E-state index in [9.17, 15) is 18.3 Å². The number of carbonyl (C=O) groups is 1. The number of hydrogen-bond donors (Lipinski definition) is 3. The largest absolute Gasteiger partial charge is 0.478 e. The molecule has 34 heavy (non-hydrogen) atoms. The molecule has 2 fully saturated rings. The van der Waals surface area contributed by atoms with Crippen LogP contribution in [-0.2, 0) is 10.0 Å². The first kappa shape index (κ1) is 21.1.